The molecule has 0 fully saturated rings. The summed E-state index contributed by atoms with van der Waals surface area (Å²) in [5.41, 5.74) is 4.82. The minimum Gasteiger partial charge on any atom is -0.497 e. The number of ether oxygens (including phenoxy) is 1. The van der Waals surface area contributed by atoms with E-state index in [4.69, 9.17) is 4.74 Å². The Kier molecular flexibility index (Phi) is 6.42. The van der Waals surface area contributed by atoms with Crippen LogP contribution in [0.3, 0.4) is 0 Å². The predicted octanol–water partition coefficient (Wildman–Crippen LogP) is 3.76. The number of carbonyl (C=O) groups excluding carboxylic acids is 2. The molecule has 3 rings (SSSR count). The number of nitrogens with zero attached hydrogens (tertiary/aromatic N) is 2. The maximum absolute atomic E-state index is 12.9. The van der Waals surface area contributed by atoms with Gasteiger partial charge < -0.3 is 9.64 Å². The number of carbonyl (C=O) groups is 2. The highest BCUT2D eigenvalue weighted by molar-refractivity contribution is 6.54. The zero-order valence-corrected chi connectivity index (χ0v) is 16.3. The summed E-state index contributed by atoms with van der Waals surface area (Å²) in [5, 5.41) is 4.15. The molecule has 1 aliphatic heterocycles. The van der Waals surface area contributed by atoms with Crippen LogP contribution in [-0.2, 0) is 4.79 Å². The molecule has 0 saturated heterocycles. The lowest BCUT2D eigenvalue weighted by atomic mass is 10.1. The average Bonchev–Trinajstić information content (AvgIpc) is 3.00. The molecule has 0 radical (unpaired) electrons. The van der Waals surface area contributed by atoms with Crippen LogP contribution >= 0.6 is 0 Å². The van der Waals surface area contributed by atoms with Crippen molar-refractivity contribution < 1.29 is 14.3 Å². The lowest BCUT2D eigenvalue weighted by Crippen LogP contribution is -2.32. The van der Waals surface area contributed by atoms with Gasteiger partial charge in [-0.3, -0.25) is 9.59 Å². The molecule has 0 atom stereocenters. The number of hydrogen-bond donors (Lipinski definition) is 1. The van der Waals surface area contributed by atoms with E-state index in [1.165, 1.54) is 0 Å². The van der Waals surface area contributed by atoms with Gasteiger partial charge in [0.05, 0.1) is 12.8 Å². The maximum Gasteiger partial charge on any atom is 0.279 e. The number of benzene rings is 2. The van der Waals surface area contributed by atoms with Crippen LogP contribution in [0.4, 0.5) is 5.69 Å². The van der Waals surface area contributed by atoms with E-state index in [-0.39, 0.29) is 17.5 Å². The normalized spacial score (nSPS) is 14.3. The number of amides is 2. The highest BCUT2D eigenvalue weighted by Gasteiger charge is 2.33. The molecule has 0 aromatic heterocycles. The predicted molar refractivity (Wildman–Crippen MR) is 110 cm³/mol. The monoisotopic (exact) mass is 379 g/mol. The van der Waals surface area contributed by atoms with Crippen molar-refractivity contribution in [3.05, 3.63) is 59.7 Å². The van der Waals surface area contributed by atoms with Crippen molar-refractivity contribution in [2.45, 2.75) is 32.6 Å². The van der Waals surface area contributed by atoms with Gasteiger partial charge in [0.15, 0.2) is 5.71 Å². The smallest absolute Gasteiger partial charge is 0.279 e. The van der Waals surface area contributed by atoms with Gasteiger partial charge in [0.2, 0.25) is 0 Å². The number of nitrogens with one attached hydrogen (secondary N) is 1. The standard InChI is InChI=1S/C22H25N3O3/c1-3-4-5-8-15-25-19-10-7-6-9-18(19)20(22(25)27)23-24-21(26)16-11-13-17(28-2)14-12-16/h6-7,9-14H,3-5,8,15H2,1-2H3,(H,24,26)/b23-20-. The Morgan fingerprint density at radius 3 is 2.54 bits per heavy atom. The minimum absolute atomic E-state index is 0.173. The highest BCUT2D eigenvalue weighted by Crippen LogP contribution is 2.29. The molecule has 28 heavy (non-hydrogen) atoms. The second kappa shape index (κ2) is 9.17. The van der Waals surface area contributed by atoms with Gasteiger partial charge in [0.1, 0.15) is 5.75 Å². The van der Waals surface area contributed by atoms with E-state index in [1.807, 2.05) is 24.3 Å². The number of hydrogen-bond acceptors (Lipinski definition) is 4. The fourth-order valence-electron chi connectivity index (χ4n) is 3.20. The van der Waals surface area contributed by atoms with Gasteiger partial charge in [0.25, 0.3) is 11.8 Å². The summed E-state index contributed by atoms with van der Waals surface area (Å²) < 4.78 is 5.09. The van der Waals surface area contributed by atoms with Crippen LogP contribution in [0.5, 0.6) is 5.75 Å². The van der Waals surface area contributed by atoms with Gasteiger partial charge in [-0.1, -0.05) is 44.4 Å². The largest absolute Gasteiger partial charge is 0.497 e. The molecule has 1 aliphatic rings. The van der Waals surface area contributed by atoms with Crippen molar-refractivity contribution in [3.8, 4) is 5.75 Å². The topological polar surface area (TPSA) is 71.0 Å². The fraction of sp³-hybridized carbons (Fsp3) is 0.318. The van der Waals surface area contributed by atoms with Crippen LogP contribution in [0.25, 0.3) is 0 Å². The molecule has 0 unspecified atom stereocenters. The molecular weight excluding hydrogens is 354 g/mol. The van der Waals surface area contributed by atoms with Crippen molar-refractivity contribution in [2.24, 2.45) is 5.10 Å². The van der Waals surface area contributed by atoms with Crippen LogP contribution in [0, 0.1) is 0 Å². The first-order chi connectivity index (χ1) is 13.7. The van der Waals surface area contributed by atoms with Gasteiger partial charge in [-0.15, -0.1) is 0 Å². The Balaban J connectivity index is 1.75. The second-order valence-corrected chi connectivity index (χ2v) is 6.66. The van der Waals surface area contributed by atoms with Gasteiger partial charge in [-0.2, -0.15) is 5.10 Å². The Morgan fingerprint density at radius 2 is 1.82 bits per heavy atom. The Hall–Kier alpha value is -3.15. The van der Waals surface area contributed by atoms with E-state index in [2.05, 4.69) is 17.5 Å². The van der Waals surface area contributed by atoms with Crippen LogP contribution < -0.4 is 15.1 Å². The van der Waals surface area contributed by atoms with Crippen LogP contribution in [-0.4, -0.2) is 31.2 Å². The van der Waals surface area contributed by atoms with Crippen molar-refractivity contribution in [1.82, 2.24) is 5.43 Å². The van der Waals surface area contributed by atoms with Crippen LogP contribution in [0.15, 0.2) is 53.6 Å². The molecule has 2 aromatic carbocycles. The first-order valence-electron chi connectivity index (χ1n) is 9.59. The van der Waals surface area contributed by atoms with Crippen molar-refractivity contribution in [3.63, 3.8) is 0 Å². The molecule has 0 spiro atoms. The van der Waals surface area contributed by atoms with E-state index in [1.54, 1.807) is 36.3 Å². The number of rotatable bonds is 8. The zero-order chi connectivity index (χ0) is 19.9. The number of anilines is 1. The zero-order valence-electron chi connectivity index (χ0n) is 16.3. The molecule has 6 nitrogen and oxygen atoms in total. The molecule has 0 saturated carbocycles. The lowest BCUT2D eigenvalue weighted by molar-refractivity contribution is -0.112. The second-order valence-electron chi connectivity index (χ2n) is 6.66. The molecule has 0 bridgehead atoms. The van der Waals surface area contributed by atoms with E-state index in [0.29, 0.717) is 17.9 Å². The first-order valence-corrected chi connectivity index (χ1v) is 9.59. The van der Waals surface area contributed by atoms with E-state index in [0.717, 1.165) is 36.9 Å². The van der Waals surface area contributed by atoms with Crippen LogP contribution in [0.1, 0.15) is 48.5 Å². The minimum atomic E-state index is -0.373. The summed E-state index contributed by atoms with van der Waals surface area (Å²) in [6.45, 7) is 2.81. The summed E-state index contributed by atoms with van der Waals surface area (Å²) in [5.74, 6) is 0.121. The number of fused-ring (bicyclic) bond motifs is 1. The van der Waals surface area contributed by atoms with Gasteiger partial charge in [0, 0.05) is 17.7 Å². The quantitative estimate of drug-likeness (QED) is 0.561. The van der Waals surface area contributed by atoms with E-state index in [9.17, 15) is 9.59 Å². The van der Waals surface area contributed by atoms with Gasteiger partial charge >= 0.3 is 0 Å². The van der Waals surface area contributed by atoms with Gasteiger partial charge in [-0.25, -0.2) is 5.43 Å². The SMILES string of the molecule is CCCCCCN1C(=O)/C(=N\NC(=O)c2ccc(OC)cc2)c2ccccc21. The third kappa shape index (κ3) is 4.22. The molecule has 1 heterocycles. The van der Waals surface area contributed by atoms with Crippen molar-refractivity contribution >= 4 is 23.2 Å². The average molecular weight is 379 g/mol. The Bertz CT molecular complexity index is 875. The van der Waals surface area contributed by atoms with Gasteiger partial charge in [-0.05, 0) is 36.8 Å². The molecule has 1 N–H and O–H groups in total. The Morgan fingerprint density at radius 1 is 1.07 bits per heavy atom. The van der Waals surface area contributed by atoms with E-state index < -0.39 is 0 Å². The fourth-order valence-corrected chi connectivity index (χ4v) is 3.20. The summed E-state index contributed by atoms with van der Waals surface area (Å²) in [4.78, 5) is 27.0. The molecular formula is C22H25N3O3. The molecule has 2 amide bonds. The first kappa shape index (κ1) is 19.6. The summed E-state index contributed by atoms with van der Waals surface area (Å²) in [6, 6.07) is 14.3. The summed E-state index contributed by atoms with van der Waals surface area (Å²) in [7, 11) is 1.57. The van der Waals surface area contributed by atoms with Crippen molar-refractivity contribution in [1.29, 1.82) is 0 Å². The maximum atomic E-state index is 12.9. The third-order valence-corrected chi connectivity index (χ3v) is 4.75. The molecule has 0 aliphatic carbocycles. The van der Waals surface area contributed by atoms with Crippen molar-refractivity contribution in [2.75, 3.05) is 18.6 Å². The Labute approximate surface area is 165 Å². The number of hydrazone groups is 1. The van der Waals surface area contributed by atoms with E-state index >= 15 is 0 Å². The number of para-hydroxylation sites is 1. The lowest BCUT2D eigenvalue weighted by Gasteiger charge is -2.16. The summed E-state index contributed by atoms with van der Waals surface area (Å²) >= 11 is 0. The molecule has 146 valence electrons. The third-order valence-electron chi connectivity index (χ3n) is 4.75. The summed E-state index contributed by atoms with van der Waals surface area (Å²) in [6.07, 6.45) is 4.33. The van der Waals surface area contributed by atoms with Crippen LogP contribution in [0.2, 0.25) is 0 Å². The number of unbranched alkanes of at least 4 members (excludes halogenated alkanes) is 3. The number of methoxy groups -OCH3 is 1. The molecule has 6 heteroatoms. The molecule has 2 aromatic rings. The highest BCUT2D eigenvalue weighted by atomic mass is 16.5.